The first-order chi connectivity index (χ1) is 6.86. The highest BCUT2D eigenvalue weighted by molar-refractivity contribution is 5.44. The lowest BCUT2D eigenvalue weighted by Crippen LogP contribution is -2.35. The molecule has 0 amide bonds. The highest BCUT2D eigenvalue weighted by Crippen LogP contribution is 2.14. The Balaban J connectivity index is 2.09. The van der Waals surface area contributed by atoms with Gasteiger partial charge < -0.3 is 10.2 Å². The van der Waals surface area contributed by atoms with Crippen LogP contribution in [0.2, 0.25) is 0 Å². The first-order valence-corrected chi connectivity index (χ1v) is 5.24. The molecule has 1 aliphatic heterocycles. The first kappa shape index (κ1) is 9.46. The third-order valence-corrected chi connectivity index (χ3v) is 2.62. The van der Waals surface area contributed by atoms with Gasteiger partial charge >= 0.3 is 0 Å². The van der Waals surface area contributed by atoms with Crippen molar-refractivity contribution in [3.8, 4) is 0 Å². The van der Waals surface area contributed by atoms with E-state index in [1.807, 2.05) is 12.4 Å². The molecule has 14 heavy (non-hydrogen) atoms. The van der Waals surface area contributed by atoms with Crippen LogP contribution in [0.1, 0.15) is 13.3 Å². The van der Waals surface area contributed by atoms with Crippen molar-refractivity contribution in [1.82, 2.24) is 10.3 Å². The van der Waals surface area contributed by atoms with Crippen molar-refractivity contribution in [1.29, 1.82) is 0 Å². The van der Waals surface area contributed by atoms with E-state index in [9.17, 15) is 0 Å². The lowest BCUT2D eigenvalue weighted by molar-refractivity contribution is 0.585. The molecule has 0 bridgehead atoms. The van der Waals surface area contributed by atoms with E-state index in [0.717, 1.165) is 19.6 Å². The quantitative estimate of drug-likeness (QED) is 0.724. The van der Waals surface area contributed by atoms with Gasteiger partial charge in [0, 0.05) is 37.2 Å². The van der Waals surface area contributed by atoms with E-state index in [1.54, 1.807) is 0 Å². The van der Waals surface area contributed by atoms with Gasteiger partial charge in [0.05, 0.1) is 0 Å². The zero-order valence-electron chi connectivity index (χ0n) is 8.61. The summed E-state index contributed by atoms with van der Waals surface area (Å²) in [4.78, 5) is 6.46. The molecule has 1 N–H and O–H groups in total. The fourth-order valence-corrected chi connectivity index (χ4v) is 1.89. The maximum absolute atomic E-state index is 4.04. The van der Waals surface area contributed by atoms with Crippen molar-refractivity contribution in [3.05, 3.63) is 24.5 Å². The normalized spacial score (nSPS) is 23.2. The first-order valence-electron chi connectivity index (χ1n) is 5.24. The van der Waals surface area contributed by atoms with Crippen LogP contribution in [0.3, 0.4) is 0 Å². The fourth-order valence-electron chi connectivity index (χ4n) is 1.89. The second-order valence-electron chi connectivity index (χ2n) is 3.86. The van der Waals surface area contributed by atoms with Crippen LogP contribution in [0.4, 0.5) is 5.69 Å². The van der Waals surface area contributed by atoms with Gasteiger partial charge in [-0.3, -0.25) is 4.98 Å². The van der Waals surface area contributed by atoms with Crippen LogP contribution in [-0.2, 0) is 0 Å². The molecule has 0 saturated carbocycles. The molecule has 1 atom stereocenters. The van der Waals surface area contributed by atoms with Gasteiger partial charge in [0.2, 0.25) is 0 Å². The number of anilines is 1. The van der Waals surface area contributed by atoms with Gasteiger partial charge in [-0.1, -0.05) is 0 Å². The minimum Gasteiger partial charge on any atom is -0.370 e. The van der Waals surface area contributed by atoms with Gasteiger partial charge in [-0.15, -0.1) is 0 Å². The zero-order chi connectivity index (χ0) is 9.80. The number of aromatic nitrogens is 1. The Bertz CT molecular complexity index is 273. The molecule has 1 aromatic rings. The largest absolute Gasteiger partial charge is 0.370 e. The average Bonchev–Trinajstić information content (AvgIpc) is 2.44. The lowest BCUT2D eigenvalue weighted by Gasteiger charge is -2.24. The van der Waals surface area contributed by atoms with Gasteiger partial charge in [-0.05, 0) is 32.0 Å². The van der Waals surface area contributed by atoms with Crippen LogP contribution in [0.15, 0.2) is 24.5 Å². The topological polar surface area (TPSA) is 28.2 Å². The van der Waals surface area contributed by atoms with E-state index in [2.05, 4.69) is 34.3 Å². The third kappa shape index (κ3) is 2.23. The third-order valence-electron chi connectivity index (χ3n) is 2.62. The molecule has 0 aliphatic carbocycles. The number of nitrogens with one attached hydrogen (secondary N) is 1. The Kier molecular flexibility index (Phi) is 2.99. The molecule has 0 aromatic carbocycles. The van der Waals surface area contributed by atoms with Crippen LogP contribution in [0.5, 0.6) is 0 Å². The number of hydrogen-bond acceptors (Lipinski definition) is 3. The van der Waals surface area contributed by atoms with Crippen molar-refractivity contribution in [3.63, 3.8) is 0 Å². The summed E-state index contributed by atoms with van der Waals surface area (Å²) >= 11 is 0. The molecular formula is C11H17N3. The molecule has 1 aliphatic rings. The Morgan fingerprint density at radius 2 is 2.21 bits per heavy atom. The molecule has 0 radical (unpaired) electrons. The number of pyridine rings is 1. The number of hydrogen-bond donors (Lipinski definition) is 1. The second-order valence-corrected chi connectivity index (χ2v) is 3.86. The Labute approximate surface area is 85.1 Å². The highest BCUT2D eigenvalue weighted by Gasteiger charge is 2.13. The molecule has 1 unspecified atom stereocenters. The molecular weight excluding hydrogens is 174 g/mol. The van der Waals surface area contributed by atoms with Crippen LogP contribution >= 0.6 is 0 Å². The van der Waals surface area contributed by atoms with E-state index in [1.165, 1.54) is 12.1 Å². The molecule has 2 heterocycles. The van der Waals surface area contributed by atoms with Crippen molar-refractivity contribution in [2.75, 3.05) is 24.5 Å². The SMILES string of the molecule is CC1CN(c2ccncc2)CCCN1. The Morgan fingerprint density at radius 1 is 1.43 bits per heavy atom. The summed E-state index contributed by atoms with van der Waals surface area (Å²) in [5.41, 5.74) is 1.29. The van der Waals surface area contributed by atoms with Crippen LogP contribution in [-0.4, -0.2) is 30.7 Å². The van der Waals surface area contributed by atoms with Crippen LogP contribution < -0.4 is 10.2 Å². The summed E-state index contributed by atoms with van der Waals surface area (Å²) < 4.78 is 0. The molecule has 1 saturated heterocycles. The van der Waals surface area contributed by atoms with E-state index in [0.29, 0.717) is 6.04 Å². The van der Waals surface area contributed by atoms with Gasteiger partial charge in [0.15, 0.2) is 0 Å². The maximum Gasteiger partial charge on any atom is 0.0397 e. The van der Waals surface area contributed by atoms with Gasteiger partial charge in [-0.25, -0.2) is 0 Å². The minimum atomic E-state index is 0.575. The summed E-state index contributed by atoms with van der Waals surface area (Å²) in [5.74, 6) is 0. The predicted molar refractivity (Wildman–Crippen MR) is 58.5 cm³/mol. The van der Waals surface area contributed by atoms with Crippen molar-refractivity contribution < 1.29 is 0 Å². The minimum absolute atomic E-state index is 0.575. The summed E-state index contributed by atoms with van der Waals surface area (Å²) in [6, 6.07) is 4.74. The van der Waals surface area contributed by atoms with E-state index in [-0.39, 0.29) is 0 Å². The molecule has 3 heteroatoms. The zero-order valence-corrected chi connectivity index (χ0v) is 8.61. The molecule has 76 valence electrons. The van der Waals surface area contributed by atoms with Gasteiger partial charge in [-0.2, -0.15) is 0 Å². The van der Waals surface area contributed by atoms with Crippen molar-refractivity contribution >= 4 is 5.69 Å². The molecule has 1 aromatic heterocycles. The fraction of sp³-hybridized carbons (Fsp3) is 0.545. The molecule has 2 rings (SSSR count). The summed E-state index contributed by atoms with van der Waals surface area (Å²) in [6.45, 7) is 5.59. The van der Waals surface area contributed by atoms with Crippen LogP contribution in [0, 0.1) is 0 Å². The van der Waals surface area contributed by atoms with E-state index >= 15 is 0 Å². The maximum atomic E-state index is 4.04. The lowest BCUT2D eigenvalue weighted by atomic mass is 10.3. The van der Waals surface area contributed by atoms with Crippen molar-refractivity contribution in [2.24, 2.45) is 0 Å². The van der Waals surface area contributed by atoms with E-state index < -0.39 is 0 Å². The molecule has 0 spiro atoms. The molecule has 3 nitrogen and oxygen atoms in total. The van der Waals surface area contributed by atoms with Crippen molar-refractivity contribution in [2.45, 2.75) is 19.4 Å². The number of nitrogens with zero attached hydrogens (tertiary/aromatic N) is 2. The van der Waals surface area contributed by atoms with Gasteiger partial charge in [0.1, 0.15) is 0 Å². The standard InChI is InChI=1S/C11H17N3/c1-10-9-14(8-2-5-13-10)11-3-6-12-7-4-11/h3-4,6-7,10,13H,2,5,8-9H2,1H3. The Hall–Kier alpha value is -1.09. The predicted octanol–water partition coefficient (Wildman–Crippen LogP) is 1.27. The van der Waals surface area contributed by atoms with Gasteiger partial charge in [0.25, 0.3) is 0 Å². The smallest absolute Gasteiger partial charge is 0.0397 e. The number of rotatable bonds is 1. The average molecular weight is 191 g/mol. The highest BCUT2D eigenvalue weighted by atomic mass is 15.2. The second kappa shape index (κ2) is 4.42. The monoisotopic (exact) mass is 191 g/mol. The summed E-state index contributed by atoms with van der Waals surface area (Å²) in [5, 5.41) is 3.49. The van der Waals surface area contributed by atoms with E-state index in [4.69, 9.17) is 0 Å². The van der Waals surface area contributed by atoms with Crippen LogP contribution in [0.25, 0.3) is 0 Å². The summed E-state index contributed by atoms with van der Waals surface area (Å²) in [7, 11) is 0. The summed E-state index contributed by atoms with van der Waals surface area (Å²) in [6.07, 6.45) is 4.93. The Morgan fingerprint density at radius 3 is 3.00 bits per heavy atom. The molecule has 1 fully saturated rings.